The van der Waals surface area contributed by atoms with Crippen LogP contribution in [0.2, 0.25) is 0 Å². The van der Waals surface area contributed by atoms with E-state index in [2.05, 4.69) is 36.7 Å². The van der Waals surface area contributed by atoms with Gasteiger partial charge in [-0.3, -0.25) is 14.9 Å². The van der Waals surface area contributed by atoms with Crippen LogP contribution in [0.15, 0.2) is 80.5 Å². The third-order valence-corrected chi connectivity index (χ3v) is 4.66. The first kappa shape index (κ1) is 23.5. The molecule has 2 N–H and O–H groups in total. The molecule has 33 heavy (non-hydrogen) atoms. The SMILES string of the molecule is Cc1ccc(OCC(=O)N/N=C/c2cc(N=Nc3cccc(Br)c3)ccc2O)c([N+](=O)[O-])c1. The largest absolute Gasteiger partial charge is 0.507 e. The molecular formula is C22H18BrN5O5. The zero-order valence-electron chi connectivity index (χ0n) is 17.3. The van der Waals surface area contributed by atoms with Gasteiger partial charge in [-0.15, -0.1) is 0 Å². The molecule has 3 aromatic carbocycles. The number of hydrogen-bond acceptors (Lipinski definition) is 8. The van der Waals surface area contributed by atoms with E-state index >= 15 is 0 Å². The van der Waals surface area contributed by atoms with E-state index in [1.54, 1.807) is 37.3 Å². The molecule has 0 fully saturated rings. The molecule has 3 aromatic rings. The molecule has 0 aliphatic rings. The summed E-state index contributed by atoms with van der Waals surface area (Å²) in [5.74, 6) is -0.724. The molecule has 0 unspecified atom stereocenters. The van der Waals surface area contributed by atoms with Crippen LogP contribution in [-0.2, 0) is 4.79 Å². The smallest absolute Gasteiger partial charge is 0.311 e. The highest BCUT2D eigenvalue weighted by Gasteiger charge is 2.16. The van der Waals surface area contributed by atoms with E-state index in [1.165, 1.54) is 24.4 Å². The van der Waals surface area contributed by atoms with E-state index in [0.29, 0.717) is 22.5 Å². The van der Waals surface area contributed by atoms with Crippen molar-refractivity contribution in [3.8, 4) is 11.5 Å². The molecule has 0 aromatic heterocycles. The van der Waals surface area contributed by atoms with Crippen LogP contribution in [0.5, 0.6) is 11.5 Å². The second-order valence-corrected chi connectivity index (χ2v) is 7.65. The number of nitro groups is 1. The normalized spacial score (nSPS) is 11.1. The Kier molecular flexibility index (Phi) is 7.82. The molecule has 1 amide bonds. The number of carbonyl (C=O) groups is 1. The highest BCUT2D eigenvalue weighted by atomic mass is 79.9. The predicted octanol–water partition coefficient (Wildman–Crippen LogP) is 5.32. The Hall–Kier alpha value is -4.12. The molecule has 0 saturated carbocycles. The molecule has 3 rings (SSSR count). The van der Waals surface area contributed by atoms with E-state index < -0.39 is 17.4 Å². The Morgan fingerprint density at radius 2 is 1.91 bits per heavy atom. The lowest BCUT2D eigenvalue weighted by molar-refractivity contribution is -0.385. The Balaban J connectivity index is 1.60. The minimum atomic E-state index is -0.633. The van der Waals surface area contributed by atoms with E-state index in [-0.39, 0.29) is 17.2 Å². The summed E-state index contributed by atoms with van der Waals surface area (Å²) in [6.07, 6.45) is 1.24. The number of aryl methyl sites for hydroxylation is 1. The standard InChI is InChI=1S/C22H18BrN5O5/c1-14-5-8-21(19(9-14)28(31)32)33-13-22(30)27-24-12-15-10-18(6-7-20(15)29)26-25-17-4-2-3-16(23)11-17/h2-12,29H,13H2,1H3,(H,27,30)/b24-12+,26-25?. The number of azo groups is 1. The second kappa shape index (κ2) is 11.0. The number of hydrazone groups is 1. The van der Waals surface area contributed by atoms with Gasteiger partial charge in [0, 0.05) is 16.1 Å². The first-order valence-corrected chi connectivity index (χ1v) is 10.3. The van der Waals surface area contributed by atoms with Gasteiger partial charge in [-0.05, 0) is 55.0 Å². The van der Waals surface area contributed by atoms with Gasteiger partial charge in [0.1, 0.15) is 5.75 Å². The van der Waals surface area contributed by atoms with Gasteiger partial charge in [0.25, 0.3) is 5.91 Å². The topological polar surface area (TPSA) is 139 Å². The van der Waals surface area contributed by atoms with Crippen molar-refractivity contribution >= 4 is 45.1 Å². The summed E-state index contributed by atoms with van der Waals surface area (Å²) >= 11 is 3.36. The van der Waals surface area contributed by atoms with Gasteiger partial charge in [0.2, 0.25) is 0 Å². The van der Waals surface area contributed by atoms with Crippen LogP contribution in [-0.4, -0.2) is 28.8 Å². The molecule has 0 atom stereocenters. The Morgan fingerprint density at radius 3 is 2.64 bits per heavy atom. The number of nitro benzene ring substituents is 1. The van der Waals surface area contributed by atoms with Gasteiger partial charge in [-0.1, -0.05) is 28.1 Å². The summed E-state index contributed by atoms with van der Waals surface area (Å²) in [5, 5.41) is 33.2. The van der Waals surface area contributed by atoms with Crippen LogP contribution in [0, 0.1) is 17.0 Å². The molecule has 0 aliphatic heterocycles. The van der Waals surface area contributed by atoms with Gasteiger partial charge in [0.15, 0.2) is 12.4 Å². The van der Waals surface area contributed by atoms with Gasteiger partial charge in [-0.25, -0.2) is 5.43 Å². The summed E-state index contributed by atoms with van der Waals surface area (Å²) in [5.41, 5.74) is 4.12. The lowest BCUT2D eigenvalue weighted by atomic mass is 10.2. The zero-order valence-corrected chi connectivity index (χ0v) is 18.9. The summed E-state index contributed by atoms with van der Waals surface area (Å²) in [6.45, 7) is 1.23. The number of aromatic hydroxyl groups is 1. The number of nitrogens with zero attached hydrogens (tertiary/aromatic N) is 4. The zero-order chi connectivity index (χ0) is 23.8. The number of nitrogens with one attached hydrogen (secondary N) is 1. The molecule has 0 heterocycles. The summed E-state index contributed by atoms with van der Waals surface area (Å²) in [6, 6.07) is 16.3. The Bertz CT molecular complexity index is 1250. The molecule has 0 spiro atoms. The highest BCUT2D eigenvalue weighted by Crippen LogP contribution is 2.28. The molecular weight excluding hydrogens is 494 g/mol. The van der Waals surface area contributed by atoms with Crippen LogP contribution >= 0.6 is 15.9 Å². The minimum absolute atomic E-state index is 0.0223. The molecule has 0 radical (unpaired) electrons. The summed E-state index contributed by atoms with van der Waals surface area (Å²) in [4.78, 5) is 22.5. The van der Waals surface area contributed by atoms with Crippen LogP contribution < -0.4 is 10.2 Å². The van der Waals surface area contributed by atoms with Crippen molar-refractivity contribution in [2.45, 2.75) is 6.92 Å². The fourth-order valence-corrected chi connectivity index (χ4v) is 2.99. The highest BCUT2D eigenvalue weighted by molar-refractivity contribution is 9.10. The molecule has 0 bridgehead atoms. The maximum Gasteiger partial charge on any atom is 0.311 e. The fourth-order valence-electron chi connectivity index (χ4n) is 2.60. The lowest BCUT2D eigenvalue weighted by Crippen LogP contribution is -2.24. The number of phenolic OH excluding ortho intramolecular Hbond substituents is 1. The number of benzene rings is 3. The number of hydrogen-bond donors (Lipinski definition) is 2. The summed E-state index contributed by atoms with van der Waals surface area (Å²) in [7, 11) is 0. The monoisotopic (exact) mass is 511 g/mol. The van der Waals surface area contributed by atoms with Crippen LogP contribution in [0.3, 0.4) is 0 Å². The number of halogens is 1. The molecule has 0 saturated heterocycles. The number of phenols is 1. The third-order valence-electron chi connectivity index (χ3n) is 4.16. The molecule has 10 nitrogen and oxygen atoms in total. The van der Waals surface area contributed by atoms with E-state index in [0.717, 1.165) is 4.47 Å². The molecule has 168 valence electrons. The number of amides is 1. The van der Waals surface area contributed by atoms with Crippen molar-refractivity contribution in [2.24, 2.45) is 15.3 Å². The van der Waals surface area contributed by atoms with Crippen molar-refractivity contribution in [3.63, 3.8) is 0 Å². The van der Waals surface area contributed by atoms with E-state index in [9.17, 15) is 20.0 Å². The summed E-state index contributed by atoms with van der Waals surface area (Å²) < 4.78 is 6.11. The number of carbonyl (C=O) groups excluding carboxylic acids is 1. The quantitative estimate of drug-likeness (QED) is 0.182. The van der Waals surface area contributed by atoms with Crippen molar-refractivity contribution in [1.29, 1.82) is 0 Å². The first-order chi connectivity index (χ1) is 15.8. The first-order valence-electron chi connectivity index (χ1n) is 9.52. The number of ether oxygens (including phenoxy) is 1. The Labute approximate surface area is 196 Å². The average Bonchev–Trinajstić information content (AvgIpc) is 2.78. The van der Waals surface area contributed by atoms with Crippen LogP contribution in [0.1, 0.15) is 11.1 Å². The van der Waals surface area contributed by atoms with Gasteiger partial charge >= 0.3 is 5.69 Å². The Morgan fingerprint density at radius 1 is 1.15 bits per heavy atom. The lowest BCUT2D eigenvalue weighted by Gasteiger charge is -2.06. The second-order valence-electron chi connectivity index (χ2n) is 6.73. The van der Waals surface area contributed by atoms with Crippen molar-refractivity contribution in [1.82, 2.24) is 5.43 Å². The van der Waals surface area contributed by atoms with E-state index in [1.807, 2.05) is 12.1 Å². The van der Waals surface area contributed by atoms with Crippen molar-refractivity contribution in [3.05, 3.63) is 86.4 Å². The van der Waals surface area contributed by atoms with Gasteiger partial charge in [-0.2, -0.15) is 15.3 Å². The van der Waals surface area contributed by atoms with E-state index in [4.69, 9.17) is 4.74 Å². The number of rotatable bonds is 8. The van der Waals surface area contributed by atoms with Crippen LogP contribution in [0.4, 0.5) is 17.1 Å². The van der Waals surface area contributed by atoms with Gasteiger partial charge < -0.3 is 9.84 Å². The average molecular weight is 512 g/mol. The van der Waals surface area contributed by atoms with Crippen LogP contribution in [0.25, 0.3) is 0 Å². The molecule has 0 aliphatic carbocycles. The predicted molar refractivity (Wildman–Crippen MR) is 125 cm³/mol. The maximum atomic E-state index is 12.0. The fraction of sp³-hybridized carbons (Fsp3) is 0.0909. The van der Waals surface area contributed by atoms with Gasteiger partial charge in [0.05, 0.1) is 22.5 Å². The third kappa shape index (κ3) is 6.94. The van der Waals surface area contributed by atoms with Crippen molar-refractivity contribution < 1.29 is 19.6 Å². The molecule has 11 heteroatoms. The van der Waals surface area contributed by atoms with Crippen molar-refractivity contribution in [2.75, 3.05) is 6.61 Å². The minimum Gasteiger partial charge on any atom is -0.507 e. The maximum absolute atomic E-state index is 12.0.